The smallest absolute Gasteiger partial charge is 0.120 e. The van der Waals surface area contributed by atoms with Gasteiger partial charge in [0.1, 0.15) is 5.75 Å². The molecule has 1 atom stereocenters. The van der Waals surface area contributed by atoms with Crippen molar-refractivity contribution in [2.24, 2.45) is 0 Å². The van der Waals surface area contributed by atoms with Gasteiger partial charge in [-0.1, -0.05) is 17.7 Å². The van der Waals surface area contributed by atoms with Gasteiger partial charge in [0.05, 0.1) is 5.02 Å². The number of hydrogen-bond donors (Lipinski definition) is 2. The first-order chi connectivity index (χ1) is 7.18. The maximum Gasteiger partial charge on any atom is 0.120 e. The largest absolute Gasteiger partial charge is 0.508 e. The summed E-state index contributed by atoms with van der Waals surface area (Å²) in [4.78, 5) is 0. The minimum Gasteiger partial charge on any atom is -0.508 e. The van der Waals surface area contributed by atoms with Crippen molar-refractivity contribution in [1.29, 1.82) is 0 Å². The van der Waals surface area contributed by atoms with Crippen LogP contribution in [0.3, 0.4) is 0 Å². The highest BCUT2D eigenvalue weighted by atomic mass is 35.5. The average molecular weight is 226 g/mol. The summed E-state index contributed by atoms with van der Waals surface area (Å²) in [5.74, 6) is 0.319. The Kier molecular flexibility index (Phi) is 3.17. The first kappa shape index (κ1) is 10.8. The molecule has 1 saturated heterocycles. The standard InChI is InChI=1S/C12H16ClNO/c1-8-4-5-11(15)10(12(8)13)7-9-3-2-6-14-9/h4-5,9,14-15H,2-3,6-7H2,1H3. The topological polar surface area (TPSA) is 32.3 Å². The van der Waals surface area contributed by atoms with Crippen molar-refractivity contribution >= 4 is 11.6 Å². The van der Waals surface area contributed by atoms with E-state index in [-0.39, 0.29) is 0 Å². The summed E-state index contributed by atoms with van der Waals surface area (Å²) >= 11 is 6.19. The highest BCUT2D eigenvalue weighted by Gasteiger charge is 2.18. The second kappa shape index (κ2) is 4.42. The summed E-state index contributed by atoms with van der Waals surface area (Å²) in [5.41, 5.74) is 1.92. The predicted octanol–water partition coefficient (Wildman–Crippen LogP) is 2.65. The van der Waals surface area contributed by atoms with E-state index in [0.29, 0.717) is 16.8 Å². The minimum atomic E-state index is 0.319. The van der Waals surface area contributed by atoms with Crippen molar-refractivity contribution in [2.45, 2.75) is 32.2 Å². The van der Waals surface area contributed by atoms with Gasteiger partial charge in [-0.2, -0.15) is 0 Å². The normalized spacial score (nSPS) is 20.8. The van der Waals surface area contributed by atoms with Gasteiger partial charge >= 0.3 is 0 Å². The van der Waals surface area contributed by atoms with Crippen LogP contribution in [0.2, 0.25) is 5.02 Å². The number of nitrogens with one attached hydrogen (secondary N) is 1. The van der Waals surface area contributed by atoms with Gasteiger partial charge in [-0.3, -0.25) is 0 Å². The van der Waals surface area contributed by atoms with Crippen LogP contribution in [0.4, 0.5) is 0 Å². The van der Waals surface area contributed by atoms with E-state index < -0.39 is 0 Å². The van der Waals surface area contributed by atoms with E-state index in [1.807, 2.05) is 13.0 Å². The van der Waals surface area contributed by atoms with Crippen LogP contribution >= 0.6 is 11.6 Å². The Morgan fingerprint density at radius 3 is 3.00 bits per heavy atom. The van der Waals surface area contributed by atoms with Crippen LogP contribution in [0.5, 0.6) is 5.75 Å². The highest BCUT2D eigenvalue weighted by molar-refractivity contribution is 6.32. The lowest BCUT2D eigenvalue weighted by Crippen LogP contribution is -2.23. The average Bonchev–Trinajstić information content (AvgIpc) is 2.71. The van der Waals surface area contributed by atoms with Crippen molar-refractivity contribution in [3.63, 3.8) is 0 Å². The van der Waals surface area contributed by atoms with Crippen LogP contribution in [0.25, 0.3) is 0 Å². The molecule has 0 radical (unpaired) electrons. The maximum atomic E-state index is 9.76. The van der Waals surface area contributed by atoms with E-state index >= 15 is 0 Å². The molecule has 0 bridgehead atoms. The second-order valence-electron chi connectivity index (χ2n) is 4.19. The minimum absolute atomic E-state index is 0.319. The van der Waals surface area contributed by atoms with Crippen LogP contribution in [0, 0.1) is 6.92 Å². The summed E-state index contributed by atoms with van der Waals surface area (Å²) in [6, 6.07) is 4.05. The molecule has 1 aliphatic heterocycles. The number of rotatable bonds is 2. The molecule has 0 saturated carbocycles. The van der Waals surface area contributed by atoms with Gasteiger partial charge in [-0.15, -0.1) is 0 Å². The summed E-state index contributed by atoms with van der Waals surface area (Å²) in [6.45, 7) is 3.04. The zero-order valence-electron chi connectivity index (χ0n) is 8.89. The molecule has 0 aliphatic carbocycles. The molecule has 1 aliphatic rings. The quantitative estimate of drug-likeness (QED) is 0.811. The molecular weight excluding hydrogens is 210 g/mol. The number of halogens is 1. The fraction of sp³-hybridized carbons (Fsp3) is 0.500. The molecule has 1 heterocycles. The summed E-state index contributed by atoms with van der Waals surface area (Å²) in [6.07, 6.45) is 3.21. The molecule has 2 N–H and O–H groups in total. The molecule has 2 rings (SSSR count). The van der Waals surface area contributed by atoms with E-state index in [4.69, 9.17) is 11.6 Å². The predicted molar refractivity (Wildman–Crippen MR) is 62.6 cm³/mol. The van der Waals surface area contributed by atoms with E-state index in [9.17, 15) is 5.11 Å². The van der Waals surface area contributed by atoms with E-state index in [1.54, 1.807) is 6.07 Å². The number of phenols is 1. The molecule has 1 unspecified atom stereocenters. The van der Waals surface area contributed by atoms with Crippen LogP contribution in [0.1, 0.15) is 24.0 Å². The van der Waals surface area contributed by atoms with Crippen molar-refractivity contribution in [3.8, 4) is 5.75 Å². The Labute approximate surface area is 95.3 Å². The molecule has 82 valence electrons. The van der Waals surface area contributed by atoms with Gasteiger partial charge < -0.3 is 10.4 Å². The summed E-state index contributed by atoms with van der Waals surface area (Å²) < 4.78 is 0. The molecule has 0 aromatic heterocycles. The lowest BCUT2D eigenvalue weighted by Gasteiger charge is -2.14. The van der Waals surface area contributed by atoms with Crippen molar-refractivity contribution in [1.82, 2.24) is 5.32 Å². The summed E-state index contributed by atoms with van der Waals surface area (Å²) in [5, 5.41) is 13.9. The number of phenolic OH excluding ortho intramolecular Hbond substituents is 1. The van der Waals surface area contributed by atoms with Gasteiger partial charge in [0.25, 0.3) is 0 Å². The van der Waals surface area contributed by atoms with Gasteiger partial charge in [-0.05, 0) is 44.4 Å². The van der Waals surface area contributed by atoms with E-state index in [2.05, 4.69) is 5.32 Å². The Balaban J connectivity index is 2.22. The Hall–Kier alpha value is -0.730. The summed E-state index contributed by atoms with van der Waals surface area (Å²) in [7, 11) is 0. The molecule has 0 amide bonds. The van der Waals surface area contributed by atoms with Crippen LogP contribution < -0.4 is 5.32 Å². The van der Waals surface area contributed by atoms with Gasteiger partial charge in [-0.25, -0.2) is 0 Å². The number of aromatic hydroxyl groups is 1. The number of aryl methyl sites for hydroxylation is 1. The Morgan fingerprint density at radius 2 is 2.33 bits per heavy atom. The second-order valence-corrected chi connectivity index (χ2v) is 4.57. The molecule has 3 heteroatoms. The molecule has 2 nitrogen and oxygen atoms in total. The SMILES string of the molecule is Cc1ccc(O)c(CC2CCCN2)c1Cl. The van der Waals surface area contributed by atoms with Crippen molar-refractivity contribution in [2.75, 3.05) is 6.54 Å². The lowest BCUT2D eigenvalue weighted by molar-refractivity contribution is 0.462. The van der Waals surface area contributed by atoms with Gasteiger partial charge in [0, 0.05) is 11.6 Å². The fourth-order valence-corrected chi connectivity index (χ4v) is 2.34. The molecule has 15 heavy (non-hydrogen) atoms. The Bertz CT molecular complexity index is 359. The number of benzene rings is 1. The first-order valence-electron chi connectivity index (χ1n) is 5.39. The van der Waals surface area contributed by atoms with Gasteiger partial charge in [0.15, 0.2) is 0 Å². The van der Waals surface area contributed by atoms with Gasteiger partial charge in [0.2, 0.25) is 0 Å². The van der Waals surface area contributed by atoms with Crippen molar-refractivity contribution < 1.29 is 5.11 Å². The third-order valence-corrected chi connectivity index (χ3v) is 3.55. The third kappa shape index (κ3) is 2.27. The van der Waals surface area contributed by atoms with Crippen LogP contribution in [-0.2, 0) is 6.42 Å². The zero-order chi connectivity index (χ0) is 10.8. The molecular formula is C12H16ClNO. The Morgan fingerprint density at radius 1 is 1.53 bits per heavy atom. The first-order valence-corrected chi connectivity index (χ1v) is 5.76. The molecule has 1 aromatic rings. The molecule has 1 aromatic carbocycles. The van der Waals surface area contributed by atoms with Crippen LogP contribution in [0.15, 0.2) is 12.1 Å². The zero-order valence-corrected chi connectivity index (χ0v) is 9.64. The van der Waals surface area contributed by atoms with Crippen LogP contribution in [-0.4, -0.2) is 17.7 Å². The lowest BCUT2D eigenvalue weighted by atomic mass is 10.0. The van der Waals surface area contributed by atoms with Crippen molar-refractivity contribution in [3.05, 3.63) is 28.3 Å². The third-order valence-electron chi connectivity index (χ3n) is 3.02. The number of hydrogen-bond acceptors (Lipinski definition) is 2. The van der Waals surface area contributed by atoms with E-state index in [1.165, 1.54) is 12.8 Å². The molecule has 1 fully saturated rings. The maximum absolute atomic E-state index is 9.76. The monoisotopic (exact) mass is 225 g/mol. The highest BCUT2D eigenvalue weighted by Crippen LogP contribution is 2.30. The van der Waals surface area contributed by atoms with E-state index in [0.717, 1.165) is 24.1 Å². The fourth-order valence-electron chi connectivity index (χ4n) is 2.10. The molecule has 0 spiro atoms.